The van der Waals surface area contributed by atoms with E-state index in [-0.39, 0.29) is 5.91 Å². The molecule has 0 saturated carbocycles. The summed E-state index contributed by atoms with van der Waals surface area (Å²) in [5.74, 6) is 0.730. The van der Waals surface area contributed by atoms with Gasteiger partial charge in [0.25, 0.3) is 0 Å². The Morgan fingerprint density at radius 3 is 2.89 bits per heavy atom. The Morgan fingerprint density at radius 1 is 1.44 bits per heavy atom. The second kappa shape index (κ2) is 5.24. The van der Waals surface area contributed by atoms with E-state index in [1.165, 1.54) is 25.9 Å². The number of amides is 1. The van der Waals surface area contributed by atoms with E-state index in [2.05, 4.69) is 10.2 Å². The minimum Gasteiger partial charge on any atom is -0.348 e. The molecule has 1 amide bonds. The van der Waals surface area contributed by atoms with E-state index in [9.17, 15) is 4.79 Å². The molecule has 1 N–H and O–H groups in total. The second-order valence-corrected chi connectivity index (χ2v) is 5.92. The Morgan fingerprint density at radius 2 is 2.28 bits per heavy atom. The van der Waals surface area contributed by atoms with Crippen molar-refractivity contribution in [1.29, 1.82) is 0 Å². The van der Waals surface area contributed by atoms with Gasteiger partial charge in [-0.15, -0.1) is 0 Å². The number of nitrogens with one attached hydrogen (secondary N) is 1. The normalized spacial score (nSPS) is 30.8. The average molecular weight is 262 g/mol. The Balaban J connectivity index is 1.55. The number of carbonyl (C=O) groups excluding carboxylic acids is 1. The fraction of sp³-hybridized carbons (Fsp3) is 0.500. The van der Waals surface area contributed by atoms with Crippen molar-refractivity contribution >= 4 is 23.3 Å². The van der Waals surface area contributed by atoms with Gasteiger partial charge in [-0.1, -0.05) is 0 Å². The first kappa shape index (κ1) is 11.9. The third-order valence-electron chi connectivity index (χ3n) is 3.95. The van der Waals surface area contributed by atoms with E-state index in [0.717, 1.165) is 12.1 Å². The van der Waals surface area contributed by atoms with Crippen LogP contribution in [-0.2, 0) is 4.79 Å². The molecule has 3 aliphatic rings. The number of fused-ring (bicyclic) bond motifs is 3. The number of thiophene rings is 1. The highest BCUT2D eigenvalue weighted by molar-refractivity contribution is 7.08. The van der Waals surface area contributed by atoms with Crippen molar-refractivity contribution in [2.24, 2.45) is 5.92 Å². The lowest BCUT2D eigenvalue weighted by molar-refractivity contribution is -0.118. The van der Waals surface area contributed by atoms with E-state index in [1.807, 2.05) is 22.9 Å². The summed E-state index contributed by atoms with van der Waals surface area (Å²) in [6.07, 6.45) is 6.01. The highest BCUT2D eigenvalue weighted by Gasteiger charge is 2.34. The summed E-state index contributed by atoms with van der Waals surface area (Å²) in [6.45, 7) is 3.45. The van der Waals surface area contributed by atoms with Crippen LogP contribution in [0.15, 0.2) is 22.9 Å². The minimum absolute atomic E-state index is 0.0416. The van der Waals surface area contributed by atoms with Gasteiger partial charge in [-0.25, -0.2) is 0 Å². The van der Waals surface area contributed by atoms with Crippen LogP contribution in [-0.4, -0.2) is 36.5 Å². The van der Waals surface area contributed by atoms with Crippen LogP contribution < -0.4 is 5.32 Å². The third-order valence-corrected chi connectivity index (χ3v) is 4.66. The second-order valence-electron chi connectivity index (χ2n) is 5.14. The minimum atomic E-state index is 0.0416. The van der Waals surface area contributed by atoms with Crippen LogP contribution in [0, 0.1) is 5.92 Å². The monoisotopic (exact) mass is 262 g/mol. The summed E-state index contributed by atoms with van der Waals surface area (Å²) in [5, 5.41) is 7.21. The third kappa shape index (κ3) is 2.65. The summed E-state index contributed by atoms with van der Waals surface area (Å²) in [4.78, 5) is 14.3. The molecule has 0 radical (unpaired) electrons. The lowest BCUT2D eigenvalue weighted by Gasteiger charge is -2.44. The number of nitrogens with zero attached hydrogens (tertiary/aromatic N) is 1. The molecular formula is C14H18N2OS. The van der Waals surface area contributed by atoms with E-state index >= 15 is 0 Å². The summed E-state index contributed by atoms with van der Waals surface area (Å²) in [7, 11) is 0. The van der Waals surface area contributed by atoms with Crippen molar-refractivity contribution < 1.29 is 4.79 Å². The Bertz CT molecular complexity index is 433. The molecule has 0 spiro atoms. The Hall–Kier alpha value is -1.13. The maximum absolute atomic E-state index is 11.9. The van der Waals surface area contributed by atoms with Gasteiger partial charge in [-0.3, -0.25) is 4.79 Å². The zero-order chi connectivity index (χ0) is 12.4. The number of carbonyl (C=O) groups is 1. The molecule has 0 aliphatic carbocycles. The van der Waals surface area contributed by atoms with Crippen LogP contribution in [0.5, 0.6) is 0 Å². The molecule has 3 fully saturated rings. The molecule has 96 valence electrons. The lowest BCUT2D eigenvalue weighted by Crippen LogP contribution is -2.57. The molecule has 18 heavy (non-hydrogen) atoms. The van der Waals surface area contributed by atoms with Crippen LogP contribution in [0.25, 0.3) is 6.08 Å². The number of hydrogen-bond donors (Lipinski definition) is 1. The molecular weight excluding hydrogens is 244 g/mol. The molecule has 3 saturated heterocycles. The average Bonchev–Trinajstić information content (AvgIpc) is 2.91. The summed E-state index contributed by atoms with van der Waals surface area (Å²) in [5.41, 5.74) is 1.10. The number of rotatable bonds is 3. The molecule has 3 aliphatic heterocycles. The van der Waals surface area contributed by atoms with Crippen molar-refractivity contribution in [3.8, 4) is 0 Å². The van der Waals surface area contributed by atoms with Crippen LogP contribution in [0.4, 0.5) is 0 Å². The predicted molar refractivity (Wildman–Crippen MR) is 74.4 cm³/mol. The molecule has 0 aromatic carbocycles. The number of hydrogen-bond acceptors (Lipinski definition) is 3. The van der Waals surface area contributed by atoms with Gasteiger partial charge in [-0.2, -0.15) is 11.3 Å². The molecule has 3 nitrogen and oxygen atoms in total. The van der Waals surface area contributed by atoms with E-state index in [4.69, 9.17) is 0 Å². The smallest absolute Gasteiger partial charge is 0.244 e. The molecule has 1 aromatic rings. The van der Waals surface area contributed by atoms with Crippen molar-refractivity contribution in [1.82, 2.24) is 10.2 Å². The standard InChI is InChI=1S/C14H18N2OS/c17-14(2-1-11-5-8-18-10-11)15-13-9-16-6-3-12(13)4-7-16/h1-2,5,8,10,12-13H,3-4,6-7,9H2,(H,15,17)/b2-1+. The predicted octanol–water partition coefficient (Wildman–Crippen LogP) is 1.97. The van der Waals surface area contributed by atoms with Gasteiger partial charge in [0.05, 0.1) is 0 Å². The van der Waals surface area contributed by atoms with Crippen LogP contribution in [0.2, 0.25) is 0 Å². The van der Waals surface area contributed by atoms with Crippen molar-refractivity contribution in [2.75, 3.05) is 19.6 Å². The molecule has 4 heteroatoms. The van der Waals surface area contributed by atoms with E-state index < -0.39 is 0 Å². The van der Waals surface area contributed by atoms with Gasteiger partial charge >= 0.3 is 0 Å². The van der Waals surface area contributed by atoms with Crippen LogP contribution in [0.1, 0.15) is 18.4 Å². The Kier molecular flexibility index (Phi) is 3.48. The fourth-order valence-corrected chi connectivity index (χ4v) is 3.53. The van der Waals surface area contributed by atoms with Crippen LogP contribution >= 0.6 is 11.3 Å². The maximum atomic E-state index is 11.9. The SMILES string of the molecule is O=C(/C=C/c1ccsc1)NC1CN2CCC1CC2. The van der Waals surface area contributed by atoms with Gasteiger partial charge < -0.3 is 10.2 Å². The molecule has 1 unspecified atom stereocenters. The molecule has 4 rings (SSSR count). The van der Waals surface area contributed by atoms with Gasteiger partial charge in [0.15, 0.2) is 0 Å². The van der Waals surface area contributed by atoms with Crippen molar-refractivity contribution in [2.45, 2.75) is 18.9 Å². The van der Waals surface area contributed by atoms with Gasteiger partial charge in [-0.05, 0) is 60.3 Å². The summed E-state index contributed by atoms with van der Waals surface area (Å²) >= 11 is 1.65. The quantitative estimate of drug-likeness (QED) is 0.845. The zero-order valence-electron chi connectivity index (χ0n) is 10.3. The topological polar surface area (TPSA) is 32.3 Å². The first-order valence-corrected chi connectivity index (χ1v) is 7.49. The molecule has 1 atom stereocenters. The molecule has 1 aromatic heterocycles. The van der Waals surface area contributed by atoms with Gasteiger partial charge in [0.1, 0.15) is 0 Å². The fourth-order valence-electron chi connectivity index (χ4n) is 2.90. The number of piperidine rings is 3. The summed E-state index contributed by atoms with van der Waals surface area (Å²) < 4.78 is 0. The molecule has 4 heterocycles. The maximum Gasteiger partial charge on any atom is 0.244 e. The first-order chi connectivity index (χ1) is 8.81. The zero-order valence-corrected chi connectivity index (χ0v) is 11.2. The highest BCUT2D eigenvalue weighted by Crippen LogP contribution is 2.27. The van der Waals surface area contributed by atoms with Crippen molar-refractivity contribution in [3.05, 3.63) is 28.5 Å². The van der Waals surface area contributed by atoms with Gasteiger partial charge in [0.2, 0.25) is 5.91 Å². The van der Waals surface area contributed by atoms with E-state index in [1.54, 1.807) is 17.4 Å². The lowest BCUT2D eigenvalue weighted by atomic mass is 9.84. The molecule has 2 bridgehead atoms. The highest BCUT2D eigenvalue weighted by atomic mass is 32.1. The van der Waals surface area contributed by atoms with Crippen LogP contribution in [0.3, 0.4) is 0 Å². The first-order valence-electron chi connectivity index (χ1n) is 6.54. The summed E-state index contributed by atoms with van der Waals surface area (Å²) in [6, 6.07) is 2.37. The Labute approximate surface area is 111 Å². The van der Waals surface area contributed by atoms with E-state index in [0.29, 0.717) is 12.0 Å². The van der Waals surface area contributed by atoms with Gasteiger partial charge in [0, 0.05) is 18.7 Å². The van der Waals surface area contributed by atoms with Crippen molar-refractivity contribution in [3.63, 3.8) is 0 Å². The largest absolute Gasteiger partial charge is 0.348 e.